The summed E-state index contributed by atoms with van der Waals surface area (Å²) in [6, 6.07) is 7.40. The molecule has 30 heavy (non-hydrogen) atoms. The molecule has 0 amide bonds. The third kappa shape index (κ3) is 8.64. The van der Waals surface area contributed by atoms with Gasteiger partial charge in [0, 0.05) is 0 Å². The Morgan fingerprint density at radius 3 is 2.63 bits per heavy atom. The molecule has 170 valence electrons. The van der Waals surface area contributed by atoms with E-state index in [0.717, 1.165) is 43.8 Å². The smallest absolute Gasteiger partial charge is 0.304 e. The second-order valence-corrected chi connectivity index (χ2v) is 10.7. The van der Waals surface area contributed by atoms with Crippen molar-refractivity contribution in [3.05, 3.63) is 29.8 Å². The van der Waals surface area contributed by atoms with Crippen LogP contribution in [0.4, 0.5) is 0 Å². The van der Waals surface area contributed by atoms with Crippen molar-refractivity contribution < 1.29 is 23.1 Å². The predicted molar refractivity (Wildman–Crippen MR) is 120 cm³/mol. The Hall–Kier alpha value is -1.60. The first-order chi connectivity index (χ1) is 14.4. The van der Waals surface area contributed by atoms with Gasteiger partial charge in [0.1, 0.15) is 5.75 Å². The molecule has 0 spiro atoms. The quantitative estimate of drug-likeness (QED) is 0.428. The standard InChI is InChI=1S/C23H37NO5S/c1-2-3-16-30(27,28)21(18-23(25)26)17-20-9-4-5-10-22(20)29-15-7-6-8-19-11-13-24-14-12-19/h4-5,9-10,19,21,24H,2-3,6-8,11-18H2,1H3,(H,25,26). The molecule has 0 bridgehead atoms. The maximum atomic E-state index is 12.7. The monoisotopic (exact) mass is 439 g/mol. The van der Waals surface area contributed by atoms with E-state index >= 15 is 0 Å². The molecule has 2 rings (SSSR count). The fraction of sp³-hybridized carbons (Fsp3) is 0.696. The number of piperidine rings is 1. The van der Waals surface area contributed by atoms with Crippen LogP contribution in [-0.2, 0) is 21.1 Å². The molecule has 1 aliphatic heterocycles. The van der Waals surface area contributed by atoms with E-state index in [-0.39, 0.29) is 18.6 Å². The number of sulfone groups is 1. The molecular formula is C23H37NO5S. The number of para-hydroxylation sites is 1. The average molecular weight is 440 g/mol. The number of rotatable bonds is 14. The summed E-state index contributed by atoms with van der Waals surface area (Å²) >= 11 is 0. The van der Waals surface area contributed by atoms with Crippen molar-refractivity contribution in [2.75, 3.05) is 25.4 Å². The van der Waals surface area contributed by atoms with Crippen LogP contribution in [0.3, 0.4) is 0 Å². The summed E-state index contributed by atoms with van der Waals surface area (Å²) in [7, 11) is -3.48. The molecule has 1 aromatic rings. The molecule has 6 nitrogen and oxygen atoms in total. The first kappa shape index (κ1) is 24.7. The molecule has 0 saturated carbocycles. The van der Waals surface area contributed by atoms with E-state index in [4.69, 9.17) is 4.74 Å². The van der Waals surface area contributed by atoms with Crippen LogP contribution in [0.15, 0.2) is 24.3 Å². The van der Waals surface area contributed by atoms with Crippen LogP contribution in [0.2, 0.25) is 0 Å². The molecule has 0 aliphatic carbocycles. The molecule has 7 heteroatoms. The lowest BCUT2D eigenvalue weighted by atomic mass is 9.93. The zero-order chi connectivity index (χ0) is 21.8. The first-order valence-corrected chi connectivity index (χ1v) is 13.0. The molecule has 1 aliphatic rings. The van der Waals surface area contributed by atoms with E-state index in [0.29, 0.717) is 18.8 Å². The molecule has 0 aromatic heterocycles. The van der Waals surface area contributed by atoms with Gasteiger partial charge in [-0.25, -0.2) is 8.42 Å². The molecule has 0 radical (unpaired) electrons. The number of benzene rings is 1. The van der Waals surface area contributed by atoms with Crippen LogP contribution < -0.4 is 10.1 Å². The third-order valence-corrected chi connectivity index (χ3v) is 8.04. The average Bonchev–Trinajstić information content (AvgIpc) is 2.73. The maximum Gasteiger partial charge on any atom is 0.304 e. The highest BCUT2D eigenvalue weighted by Crippen LogP contribution is 2.25. The van der Waals surface area contributed by atoms with Crippen molar-refractivity contribution in [1.82, 2.24) is 5.32 Å². The SMILES string of the molecule is CCCCS(=O)(=O)C(CC(=O)O)Cc1ccccc1OCCCCC1CCNCC1. The van der Waals surface area contributed by atoms with Crippen LogP contribution in [0.1, 0.15) is 63.9 Å². The zero-order valence-electron chi connectivity index (χ0n) is 18.1. The van der Waals surface area contributed by atoms with Crippen molar-refractivity contribution in [3.63, 3.8) is 0 Å². The number of unbranched alkanes of at least 4 members (excludes halogenated alkanes) is 2. The minimum absolute atomic E-state index is 0.0289. The van der Waals surface area contributed by atoms with Gasteiger partial charge in [0.25, 0.3) is 0 Å². The summed E-state index contributed by atoms with van der Waals surface area (Å²) in [5.74, 6) is 0.418. The summed E-state index contributed by atoms with van der Waals surface area (Å²) < 4.78 is 31.3. The zero-order valence-corrected chi connectivity index (χ0v) is 19.0. The molecule has 2 N–H and O–H groups in total. The van der Waals surface area contributed by atoms with E-state index < -0.39 is 21.1 Å². The van der Waals surface area contributed by atoms with Gasteiger partial charge in [-0.2, -0.15) is 0 Å². The number of aliphatic carboxylic acids is 1. The number of carbonyl (C=O) groups is 1. The maximum absolute atomic E-state index is 12.7. The highest BCUT2D eigenvalue weighted by atomic mass is 32.2. The Balaban J connectivity index is 1.92. The summed E-state index contributed by atoms with van der Waals surface area (Å²) in [4.78, 5) is 11.3. The van der Waals surface area contributed by atoms with Crippen molar-refractivity contribution in [2.24, 2.45) is 5.92 Å². The highest BCUT2D eigenvalue weighted by molar-refractivity contribution is 7.92. The van der Waals surface area contributed by atoms with Crippen molar-refractivity contribution in [1.29, 1.82) is 0 Å². The molecule has 1 aromatic carbocycles. The lowest BCUT2D eigenvalue weighted by molar-refractivity contribution is -0.137. The lowest BCUT2D eigenvalue weighted by Crippen LogP contribution is -2.29. The number of hydrogen-bond donors (Lipinski definition) is 2. The second kappa shape index (κ2) is 13.0. The van der Waals surface area contributed by atoms with Crippen LogP contribution in [0.25, 0.3) is 0 Å². The minimum Gasteiger partial charge on any atom is -0.493 e. The molecule has 1 heterocycles. The van der Waals surface area contributed by atoms with E-state index in [1.807, 2.05) is 31.2 Å². The fourth-order valence-corrected chi connectivity index (χ4v) is 5.83. The van der Waals surface area contributed by atoms with Gasteiger partial charge in [0.2, 0.25) is 0 Å². The minimum atomic E-state index is -3.48. The molecule has 1 saturated heterocycles. The fourth-order valence-electron chi connectivity index (χ4n) is 3.98. The predicted octanol–water partition coefficient (Wildman–Crippen LogP) is 3.84. The van der Waals surface area contributed by atoms with Crippen LogP contribution >= 0.6 is 0 Å². The van der Waals surface area contributed by atoms with Crippen molar-refractivity contribution in [3.8, 4) is 5.75 Å². The summed E-state index contributed by atoms with van der Waals surface area (Å²) in [5.41, 5.74) is 0.766. The molecule has 1 unspecified atom stereocenters. The lowest BCUT2D eigenvalue weighted by Gasteiger charge is -2.22. The van der Waals surface area contributed by atoms with Crippen molar-refractivity contribution in [2.45, 2.75) is 70.0 Å². The second-order valence-electron chi connectivity index (χ2n) is 8.29. The third-order valence-electron chi connectivity index (χ3n) is 5.84. The van der Waals surface area contributed by atoms with Gasteiger partial charge in [-0.05, 0) is 69.2 Å². The Kier molecular flexibility index (Phi) is 10.6. The number of hydrogen-bond acceptors (Lipinski definition) is 5. The Labute approximate surface area is 181 Å². The van der Waals surface area contributed by atoms with Gasteiger partial charge in [-0.3, -0.25) is 4.79 Å². The highest BCUT2D eigenvalue weighted by Gasteiger charge is 2.28. The number of nitrogens with one attached hydrogen (secondary N) is 1. The van der Waals surface area contributed by atoms with Gasteiger partial charge in [-0.1, -0.05) is 38.0 Å². The molecule has 1 atom stereocenters. The van der Waals surface area contributed by atoms with Crippen LogP contribution in [-0.4, -0.2) is 50.2 Å². The summed E-state index contributed by atoms with van der Waals surface area (Å²) in [6.07, 6.45) is 6.92. The largest absolute Gasteiger partial charge is 0.493 e. The number of carboxylic acid groups (broad SMARTS) is 1. The van der Waals surface area contributed by atoms with Gasteiger partial charge < -0.3 is 15.2 Å². The Morgan fingerprint density at radius 2 is 1.93 bits per heavy atom. The van der Waals surface area contributed by atoms with Gasteiger partial charge in [0.15, 0.2) is 9.84 Å². The number of carboxylic acids is 1. The van der Waals surface area contributed by atoms with Gasteiger partial charge in [0.05, 0.1) is 24.0 Å². The normalized spacial score (nSPS) is 16.3. The molecular weight excluding hydrogens is 402 g/mol. The van der Waals surface area contributed by atoms with Crippen LogP contribution in [0.5, 0.6) is 5.75 Å². The Morgan fingerprint density at radius 1 is 1.20 bits per heavy atom. The van der Waals surface area contributed by atoms with Gasteiger partial charge >= 0.3 is 5.97 Å². The van der Waals surface area contributed by atoms with E-state index in [9.17, 15) is 18.3 Å². The van der Waals surface area contributed by atoms with Crippen LogP contribution in [0, 0.1) is 5.92 Å². The van der Waals surface area contributed by atoms with Gasteiger partial charge in [-0.15, -0.1) is 0 Å². The topological polar surface area (TPSA) is 92.7 Å². The Bertz CT molecular complexity index is 744. The summed E-state index contributed by atoms with van der Waals surface area (Å²) in [6.45, 7) is 4.75. The summed E-state index contributed by atoms with van der Waals surface area (Å²) in [5, 5.41) is 11.7. The van der Waals surface area contributed by atoms with E-state index in [1.165, 1.54) is 19.3 Å². The molecule has 1 fully saturated rings. The number of ether oxygens (including phenoxy) is 1. The first-order valence-electron chi connectivity index (χ1n) is 11.3. The van der Waals surface area contributed by atoms with E-state index in [2.05, 4.69) is 5.32 Å². The van der Waals surface area contributed by atoms with E-state index in [1.54, 1.807) is 0 Å². The van der Waals surface area contributed by atoms with Crippen molar-refractivity contribution >= 4 is 15.8 Å².